The van der Waals surface area contributed by atoms with E-state index in [9.17, 15) is 25.0 Å². The second-order valence-electron chi connectivity index (χ2n) is 6.37. The van der Waals surface area contributed by atoms with Gasteiger partial charge in [-0.1, -0.05) is 12.1 Å². The van der Waals surface area contributed by atoms with Crippen LogP contribution in [0.4, 0.5) is 11.4 Å². The Hall–Kier alpha value is -3.71. The summed E-state index contributed by atoms with van der Waals surface area (Å²) in [5, 5.41) is 30.0. The summed E-state index contributed by atoms with van der Waals surface area (Å²) in [4.78, 5) is 33.1. The molecule has 0 aliphatic carbocycles. The highest BCUT2D eigenvalue weighted by Crippen LogP contribution is 2.33. The van der Waals surface area contributed by atoms with Gasteiger partial charge in [0.15, 0.2) is 6.29 Å². The Labute approximate surface area is 162 Å². The molecule has 2 aliphatic heterocycles. The molecule has 1 aromatic heterocycles. The number of hydrogen-bond donors (Lipinski definition) is 1. The predicted molar refractivity (Wildman–Crippen MR) is 95.1 cm³/mol. The summed E-state index contributed by atoms with van der Waals surface area (Å²) in [6, 6.07) is 5.08. The fraction of sp³-hybridized carbons (Fsp3) is 0.312. The van der Waals surface area contributed by atoms with Crippen LogP contribution < -0.4 is 5.43 Å². The molecule has 0 saturated carbocycles. The van der Waals surface area contributed by atoms with E-state index in [0.29, 0.717) is 5.71 Å². The number of fused-ring (bicyclic) bond motifs is 2. The van der Waals surface area contributed by atoms with Crippen LogP contribution in [0.1, 0.15) is 22.8 Å². The zero-order chi connectivity index (χ0) is 20.5. The molecule has 29 heavy (non-hydrogen) atoms. The molecular weight excluding hydrogens is 388 g/mol. The van der Waals surface area contributed by atoms with Crippen molar-refractivity contribution in [3.05, 3.63) is 62.5 Å². The van der Waals surface area contributed by atoms with Crippen LogP contribution in [-0.4, -0.2) is 50.2 Å². The third-order valence-electron chi connectivity index (χ3n) is 4.61. The van der Waals surface area contributed by atoms with E-state index in [2.05, 4.69) is 15.6 Å². The lowest BCUT2D eigenvalue weighted by atomic mass is 10.0. The van der Waals surface area contributed by atoms with Crippen LogP contribution in [0, 0.1) is 20.2 Å². The van der Waals surface area contributed by atoms with E-state index >= 15 is 0 Å². The number of ether oxygens (including phenoxy) is 2. The van der Waals surface area contributed by atoms with E-state index in [0.717, 1.165) is 6.20 Å². The normalized spacial score (nSPS) is 24.4. The quantitative estimate of drug-likeness (QED) is 0.575. The third kappa shape index (κ3) is 3.55. The molecule has 0 spiro atoms. The molecule has 2 bridgehead atoms. The van der Waals surface area contributed by atoms with Gasteiger partial charge in [-0.2, -0.15) is 10.2 Å². The first-order valence-corrected chi connectivity index (χ1v) is 8.50. The molecule has 3 heterocycles. The van der Waals surface area contributed by atoms with Gasteiger partial charge in [-0.25, -0.2) is 5.43 Å². The lowest BCUT2D eigenvalue weighted by molar-refractivity contribution is -0.385. The van der Waals surface area contributed by atoms with Crippen molar-refractivity contribution < 1.29 is 24.1 Å². The zero-order valence-electron chi connectivity index (χ0n) is 14.7. The van der Waals surface area contributed by atoms with E-state index in [1.165, 1.54) is 35.1 Å². The molecule has 2 fully saturated rings. The van der Waals surface area contributed by atoms with Crippen LogP contribution in [0.25, 0.3) is 0 Å². The summed E-state index contributed by atoms with van der Waals surface area (Å²) >= 11 is 0. The van der Waals surface area contributed by atoms with Crippen LogP contribution in [0.3, 0.4) is 0 Å². The highest BCUT2D eigenvalue weighted by molar-refractivity contribution is 5.99. The summed E-state index contributed by atoms with van der Waals surface area (Å²) in [5.41, 5.74) is 1.99. The Morgan fingerprint density at radius 2 is 2.07 bits per heavy atom. The molecule has 0 radical (unpaired) electrons. The fourth-order valence-electron chi connectivity index (χ4n) is 3.21. The zero-order valence-corrected chi connectivity index (χ0v) is 14.7. The van der Waals surface area contributed by atoms with Crippen LogP contribution in [0.5, 0.6) is 0 Å². The van der Waals surface area contributed by atoms with Crippen LogP contribution >= 0.6 is 0 Å². The first kappa shape index (κ1) is 18.6. The average Bonchev–Trinajstić information content (AvgIpc) is 3.36. The Kier molecular flexibility index (Phi) is 4.74. The molecule has 4 rings (SSSR count). The van der Waals surface area contributed by atoms with Crippen molar-refractivity contribution in [3.63, 3.8) is 0 Å². The lowest BCUT2D eigenvalue weighted by Gasteiger charge is -2.28. The van der Waals surface area contributed by atoms with Crippen LogP contribution in [0.2, 0.25) is 0 Å². The predicted octanol–water partition coefficient (Wildman–Crippen LogP) is 1.17. The first-order chi connectivity index (χ1) is 13.9. The number of benzene rings is 1. The second-order valence-corrected chi connectivity index (χ2v) is 6.37. The minimum Gasteiger partial charge on any atom is -0.344 e. The summed E-state index contributed by atoms with van der Waals surface area (Å²) < 4.78 is 12.6. The van der Waals surface area contributed by atoms with Crippen molar-refractivity contribution in [1.82, 2.24) is 15.2 Å². The largest absolute Gasteiger partial charge is 0.344 e. The molecule has 3 atom stereocenters. The lowest BCUT2D eigenvalue weighted by Crippen LogP contribution is -2.38. The van der Waals surface area contributed by atoms with Crippen molar-refractivity contribution in [2.24, 2.45) is 5.10 Å². The molecule has 150 valence electrons. The Morgan fingerprint density at radius 1 is 1.28 bits per heavy atom. The van der Waals surface area contributed by atoms with Gasteiger partial charge in [0.25, 0.3) is 11.6 Å². The van der Waals surface area contributed by atoms with Gasteiger partial charge in [0.05, 0.1) is 28.2 Å². The molecule has 2 saturated heterocycles. The second kappa shape index (κ2) is 7.37. The Bertz CT molecular complexity index is 1020. The summed E-state index contributed by atoms with van der Waals surface area (Å²) in [5.74, 6) is -0.754. The number of carbonyl (C=O) groups excluding carboxylic acids is 1. The highest BCUT2D eigenvalue weighted by atomic mass is 16.7. The molecule has 1 N–H and O–H groups in total. The Balaban J connectivity index is 1.53. The van der Waals surface area contributed by atoms with Gasteiger partial charge in [-0.05, 0) is 6.07 Å². The number of hydrogen-bond acceptors (Lipinski definition) is 9. The molecule has 2 aromatic rings. The topological polar surface area (TPSA) is 164 Å². The number of amides is 1. The number of nitrogens with one attached hydrogen (secondary N) is 1. The van der Waals surface area contributed by atoms with Gasteiger partial charge >= 0.3 is 5.69 Å². The smallest absolute Gasteiger partial charge is 0.307 e. The van der Waals surface area contributed by atoms with Gasteiger partial charge in [0.1, 0.15) is 24.1 Å². The maximum Gasteiger partial charge on any atom is 0.307 e. The van der Waals surface area contributed by atoms with Gasteiger partial charge in [-0.3, -0.25) is 29.7 Å². The van der Waals surface area contributed by atoms with E-state index in [1.807, 2.05) is 0 Å². The maximum absolute atomic E-state index is 12.4. The summed E-state index contributed by atoms with van der Waals surface area (Å²) in [6.07, 6.45) is 1.55. The molecule has 0 unspecified atom stereocenters. The standard InChI is InChI=1S/C16H14N6O7/c23-15(10-3-1-2-4-12(10)22(26)27)19-18-11-5-13(14-8-28-16(11)29-14)20-7-9(6-17-20)21(24)25/h1-4,6-7,13-14,16H,5,8H2,(H,19,23)/b18-11+/t13-,14-,16+/m1/s1. The SMILES string of the molecule is O=C(N/N=C1\C[C@@H](n2cc([N+](=O)[O-])cn2)[C@H]2CO[C@H]1O2)c1ccccc1[N+](=O)[O-]. The summed E-state index contributed by atoms with van der Waals surface area (Å²) in [6.45, 7) is 0.236. The number of nitro benzene ring substituents is 1. The van der Waals surface area contributed by atoms with Gasteiger partial charge in [0.2, 0.25) is 0 Å². The van der Waals surface area contributed by atoms with Crippen molar-refractivity contribution >= 4 is 23.0 Å². The van der Waals surface area contributed by atoms with E-state index in [1.54, 1.807) is 0 Å². The minimum atomic E-state index is -0.771. The molecule has 1 amide bonds. The van der Waals surface area contributed by atoms with Crippen molar-refractivity contribution in [2.75, 3.05) is 6.61 Å². The third-order valence-corrected chi connectivity index (χ3v) is 4.61. The number of nitro groups is 2. The minimum absolute atomic E-state index is 0.136. The van der Waals surface area contributed by atoms with E-state index in [4.69, 9.17) is 9.47 Å². The maximum atomic E-state index is 12.4. The number of carbonyl (C=O) groups is 1. The number of rotatable bonds is 5. The van der Waals surface area contributed by atoms with E-state index < -0.39 is 28.1 Å². The fourth-order valence-corrected chi connectivity index (χ4v) is 3.21. The number of para-hydroxylation sites is 1. The average molecular weight is 402 g/mol. The van der Waals surface area contributed by atoms with Crippen LogP contribution in [-0.2, 0) is 9.47 Å². The Morgan fingerprint density at radius 3 is 2.79 bits per heavy atom. The van der Waals surface area contributed by atoms with Gasteiger partial charge in [0, 0.05) is 12.5 Å². The van der Waals surface area contributed by atoms with Gasteiger partial charge < -0.3 is 9.47 Å². The number of hydrazone groups is 1. The number of nitrogens with zero attached hydrogens (tertiary/aromatic N) is 5. The first-order valence-electron chi connectivity index (χ1n) is 8.50. The van der Waals surface area contributed by atoms with Gasteiger partial charge in [-0.15, -0.1) is 0 Å². The van der Waals surface area contributed by atoms with Crippen molar-refractivity contribution in [2.45, 2.75) is 24.9 Å². The molecule has 13 heteroatoms. The van der Waals surface area contributed by atoms with Crippen molar-refractivity contribution in [3.8, 4) is 0 Å². The highest BCUT2D eigenvalue weighted by Gasteiger charge is 2.43. The summed E-state index contributed by atoms with van der Waals surface area (Å²) in [7, 11) is 0. The molecular formula is C16H14N6O7. The molecule has 13 nitrogen and oxygen atoms in total. The molecule has 2 aliphatic rings. The van der Waals surface area contributed by atoms with Crippen LogP contribution in [0.15, 0.2) is 41.8 Å². The molecule has 1 aromatic carbocycles. The van der Waals surface area contributed by atoms with E-state index in [-0.39, 0.29) is 36.1 Å². The number of aromatic nitrogens is 2. The van der Waals surface area contributed by atoms with Crippen molar-refractivity contribution in [1.29, 1.82) is 0 Å². The monoisotopic (exact) mass is 402 g/mol.